The fourth-order valence-corrected chi connectivity index (χ4v) is 4.68. The predicted octanol–water partition coefficient (Wildman–Crippen LogP) is 2.68. The number of hydrogen-bond donors (Lipinski definition) is 2. The number of furan rings is 1. The quantitative estimate of drug-likeness (QED) is 0.658. The summed E-state index contributed by atoms with van der Waals surface area (Å²) in [5, 5.41) is 5.61. The molecule has 1 unspecified atom stereocenters. The van der Waals surface area contributed by atoms with Crippen LogP contribution in [-0.4, -0.2) is 55.3 Å². The molecule has 1 aliphatic heterocycles. The largest absolute Gasteiger partial charge is 0.472 e. The topological polar surface area (TPSA) is 118 Å². The lowest BCUT2D eigenvalue weighted by atomic mass is 9.96. The number of anilines is 1. The van der Waals surface area contributed by atoms with E-state index in [9.17, 15) is 19.2 Å². The predicted molar refractivity (Wildman–Crippen MR) is 114 cm³/mol. The third kappa shape index (κ3) is 4.79. The Bertz CT molecular complexity index is 982. The number of nitrogens with zero attached hydrogens (tertiary/aromatic N) is 1. The number of carbonyl (C=O) groups is 4. The van der Waals surface area contributed by atoms with Crippen LogP contribution in [0.3, 0.4) is 0 Å². The summed E-state index contributed by atoms with van der Waals surface area (Å²) >= 11 is 1.03. The molecule has 0 aromatic carbocycles. The molecule has 0 bridgehead atoms. The molecule has 1 atom stereocenters. The average molecular weight is 448 g/mol. The number of esters is 1. The van der Waals surface area contributed by atoms with E-state index < -0.39 is 11.9 Å². The summed E-state index contributed by atoms with van der Waals surface area (Å²) < 4.78 is 10.1. The Morgan fingerprint density at radius 2 is 2.10 bits per heavy atom. The van der Waals surface area contributed by atoms with Crippen LogP contribution in [-0.2, 0) is 9.53 Å². The molecule has 2 aromatic rings. The summed E-state index contributed by atoms with van der Waals surface area (Å²) in [6.45, 7) is 4.32. The maximum Gasteiger partial charge on any atom is 0.341 e. The Morgan fingerprint density at radius 1 is 1.32 bits per heavy atom. The number of thiophene rings is 1. The van der Waals surface area contributed by atoms with Crippen molar-refractivity contribution in [2.24, 2.45) is 5.92 Å². The number of hydrogen-bond acceptors (Lipinski definition) is 7. The van der Waals surface area contributed by atoms with Crippen LogP contribution in [0.1, 0.15) is 55.7 Å². The first-order chi connectivity index (χ1) is 14.9. The molecule has 3 amide bonds. The number of amides is 3. The zero-order chi connectivity index (χ0) is 22.5. The van der Waals surface area contributed by atoms with Gasteiger partial charge >= 0.3 is 5.97 Å². The normalized spacial score (nSPS) is 16.0. The number of ether oxygens (including phenoxy) is 1. The molecule has 166 valence electrons. The van der Waals surface area contributed by atoms with Crippen molar-refractivity contribution < 1.29 is 28.3 Å². The molecule has 2 aromatic heterocycles. The van der Waals surface area contributed by atoms with Crippen molar-refractivity contribution in [1.29, 1.82) is 0 Å². The van der Waals surface area contributed by atoms with Gasteiger partial charge < -0.3 is 24.7 Å². The van der Waals surface area contributed by atoms with Crippen molar-refractivity contribution in [1.82, 2.24) is 10.2 Å². The highest BCUT2D eigenvalue weighted by Crippen LogP contribution is 2.34. The van der Waals surface area contributed by atoms with Crippen molar-refractivity contribution in [3.63, 3.8) is 0 Å². The highest BCUT2D eigenvalue weighted by atomic mass is 32.1. The molecule has 1 fully saturated rings. The van der Waals surface area contributed by atoms with Gasteiger partial charge in [-0.1, -0.05) is 0 Å². The van der Waals surface area contributed by atoms with Gasteiger partial charge in [0.15, 0.2) is 0 Å². The maximum atomic E-state index is 13.0. The standard InChI is InChI=1S/C21H25N3O6S/c1-4-30-21(28)15-12(2)16(18(26)22-3)31-19(15)23-17(25)13-6-5-8-24(10-13)20(27)14-7-9-29-11-14/h7,9,11,13H,4-6,8,10H2,1-3H3,(H,22,26)(H,23,25). The highest BCUT2D eigenvalue weighted by Gasteiger charge is 2.32. The van der Waals surface area contributed by atoms with Gasteiger partial charge in [0.2, 0.25) is 5.91 Å². The van der Waals surface area contributed by atoms with Gasteiger partial charge in [0.05, 0.1) is 34.8 Å². The summed E-state index contributed by atoms with van der Waals surface area (Å²) in [5.74, 6) is -1.87. The van der Waals surface area contributed by atoms with Crippen LogP contribution < -0.4 is 10.6 Å². The molecule has 31 heavy (non-hydrogen) atoms. The molecule has 2 N–H and O–H groups in total. The molecule has 0 saturated carbocycles. The lowest BCUT2D eigenvalue weighted by Gasteiger charge is -2.31. The second-order valence-electron chi connectivity index (χ2n) is 7.15. The van der Waals surface area contributed by atoms with Gasteiger partial charge in [-0.25, -0.2) is 4.79 Å². The van der Waals surface area contributed by atoms with E-state index in [4.69, 9.17) is 9.15 Å². The second kappa shape index (κ2) is 9.78. The number of carbonyl (C=O) groups excluding carboxylic acids is 4. The van der Waals surface area contributed by atoms with Gasteiger partial charge in [-0.05, 0) is 38.3 Å². The molecule has 0 spiro atoms. The van der Waals surface area contributed by atoms with Gasteiger partial charge in [0, 0.05) is 20.1 Å². The number of piperidine rings is 1. The zero-order valence-electron chi connectivity index (χ0n) is 17.6. The van der Waals surface area contributed by atoms with E-state index in [1.54, 1.807) is 24.8 Å². The lowest BCUT2D eigenvalue weighted by Crippen LogP contribution is -2.43. The summed E-state index contributed by atoms with van der Waals surface area (Å²) in [7, 11) is 1.50. The van der Waals surface area contributed by atoms with Crippen molar-refractivity contribution >= 4 is 40.0 Å². The molecule has 0 aliphatic carbocycles. The van der Waals surface area contributed by atoms with Gasteiger partial charge in [-0.3, -0.25) is 14.4 Å². The Morgan fingerprint density at radius 3 is 2.74 bits per heavy atom. The van der Waals surface area contributed by atoms with Gasteiger partial charge in [-0.15, -0.1) is 11.3 Å². The molecule has 3 heterocycles. The zero-order valence-corrected chi connectivity index (χ0v) is 18.5. The van der Waals surface area contributed by atoms with E-state index >= 15 is 0 Å². The van der Waals surface area contributed by atoms with Crippen LogP contribution in [0.5, 0.6) is 0 Å². The summed E-state index contributed by atoms with van der Waals surface area (Å²) in [5.41, 5.74) is 1.08. The minimum atomic E-state index is -0.595. The first-order valence-corrected chi connectivity index (χ1v) is 10.8. The fraction of sp³-hybridized carbons (Fsp3) is 0.429. The number of rotatable bonds is 6. The summed E-state index contributed by atoms with van der Waals surface area (Å²) in [6.07, 6.45) is 4.11. The highest BCUT2D eigenvalue weighted by molar-refractivity contribution is 7.18. The molecule has 1 saturated heterocycles. The Balaban J connectivity index is 1.79. The lowest BCUT2D eigenvalue weighted by molar-refractivity contribution is -0.121. The smallest absolute Gasteiger partial charge is 0.341 e. The minimum absolute atomic E-state index is 0.171. The molecule has 9 nitrogen and oxygen atoms in total. The summed E-state index contributed by atoms with van der Waals surface area (Å²) in [4.78, 5) is 52.2. The van der Waals surface area contributed by atoms with Crippen molar-refractivity contribution in [2.75, 3.05) is 32.1 Å². The summed E-state index contributed by atoms with van der Waals surface area (Å²) in [6, 6.07) is 1.59. The maximum absolute atomic E-state index is 13.0. The van der Waals surface area contributed by atoms with E-state index in [1.165, 1.54) is 19.6 Å². The van der Waals surface area contributed by atoms with E-state index in [1.807, 2.05) is 0 Å². The van der Waals surface area contributed by atoms with Crippen LogP contribution in [0.2, 0.25) is 0 Å². The van der Waals surface area contributed by atoms with Crippen LogP contribution in [0, 0.1) is 12.8 Å². The molecule has 10 heteroatoms. The monoisotopic (exact) mass is 447 g/mol. The first-order valence-electron chi connectivity index (χ1n) is 10.0. The van der Waals surface area contributed by atoms with Crippen molar-refractivity contribution in [2.45, 2.75) is 26.7 Å². The SMILES string of the molecule is CCOC(=O)c1c(NC(=O)C2CCCN(C(=O)c3ccoc3)C2)sc(C(=O)NC)c1C. The first kappa shape index (κ1) is 22.5. The average Bonchev–Trinajstić information content (AvgIpc) is 3.41. The van der Waals surface area contributed by atoms with E-state index in [2.05, 4.69) is 10.6 Å². The van der Waals surface area contributed by atoms with E-state index in [0.29, 0.717) is 35.4 Å². The Kier molecular flexibility index (Phi) is 7.11. The minimum Gasteiger partial charge on any atom is -0.472 e. The van der Waals surface area contributed by atoms with E-state index in [-0.39, 0.29) is 41.4 Å². The van der Waals surface area contributed by atoms with Gasteiger partial charge in [0.25, 0.3) is 11.8 Å². The van der Waals surface area contributed by atoms with Gasteiger partial charge in [0.1, 0.15) is 11.3 Å². The van der Waals surface area contributed by atoms with Crippen LogP contribution in [0.15, 0.2) is 23.0 Å². The Labute approximate surface area is 183 Å². The van der Waals surface area contributed by atoms with Crippen molar-refractivity contribution in [3.05, 3.63) is 40.2 Å². The van der Waals surface area contributed by atoms with Crippen LogP contribution in [0.4, 0.5) is 5.00 Å². The number of likely N-dealkylation sites (tertiary alicyclic amines) is 1. The fourth-order valence-electron chi connectivity index (χ4n) is 3.54. The molecular weight excluding hydrogens is 422 g/mol. The van der Waals surface area contributed by atoms with Crippen molar-refractivity contribution in [3.8, 4) is 0 Å². The third-order valence-corrected chi connectivity index (χ3v) is 6.35. The molecular formula is C21H25N3O6S. The van der Waals surface area contributed by atoms with E-state index in [0.717, 1.165) is 11.3 Å². The molecule has 1 aliphatic rings. The van der Waals surface area contributed by atoms with Gasteiger partial charge in [-0.2, -0.15) is 0 Å². The second-order valence-corrected chi connectivity index (χ2v) is 8.17. The third-order valence-electron chi connectivity index (χ3n) is 5.14. The van der Waals surface area contributed by atoms with Crippen LogP contribution in [0.25, 0.3) is 0 Å². The van der Waals surface area contributed by atoms with Crippen LogP contribution >= 0.6 is 11.3 Å². The molecule has 3 rings (SSSR count). The Hall–Kier alpha value is -3.14. The number of nitrogens with one attached hydrogen (secondary N) is 2. The molecule has 0 radical (unpaired) electrons.